The summed E-state index contributed by atoms with van der Waals surface area (Å²) in [5.41, 5.74) is 0. The molecule has 1 rings (SSSR count). The molecule has 0 aromatic heterocycles. The summed E-state index contributed by atoms with van der Waals surface area (Å²) in [6.07, 6.45) is 6.35. The van der Waals surface area contributed by atoms with E-state index in [1.807, 2.05) is 11.8 Å². The summed E-state index contributed by atoms with van der Waals surface area (Å²) in [5.74, 6) is 2.25. The van der Waals surface area contributed by atoms with Crippen LogP contribution in [0.3, 0.4) is 0 Å². The Morgan fingerprint density at radius 3 is 2.64 bits per heavy atom. The third-order valence-corrected chi connectivity index (χ3v) is 3.65. The number of nitrogens with one attached hydrogen (secondary N) is 1. The number of rotatable bonds is 6. The highest BCUT2D eigenvalue weighted by molar-refractivity contribution is 7.98. The van der Waals surface area contributed by atoms with Crippen LogP contribution in [0.1, 0.15) is 19.3 Å². The van der Waals surface area contributed by atoms with E-state index in [4.69, 9.17) is 0 Å². The molecule has 2 nitrogen and oxygen atoms in total. The van der Waals surface area contributed by atoms with Gasteiger partial charge in [-0.15, -0.1) is 0 Å². The molecule has 1 saturated heterocycles. The lowest BCUT2D eigenvalue weighted by Gasteiger charge is -2.25. The monoisotopic (exact) mass is 216 g/mol. The molecule has 1 fully saturated rings. The zero-order valence-corrected chi connectivity index (χ0v) is 10.4. The van der Waals surface area contributed by atoms with Gasteiger partial charge in [-0.25, -0.2) is 0 Å². The van der Waals surface area contributed by atoms with Gasteiger partial charge < -0.3 is 10.2 Å². The van der Waals surface area contributed by atoms with Gasteiger partial charge in [0.05, 0.1) is 0 Å². The number of thioether (sulfide) groups is 1. The van der Waals surface area contributed by atoms with Gasteiger partial charge in [0.25, 0.3) is 0 Å². The molecule has 0 atom stereocenters. The molecule has 0 aromatic carbocycles. The molecule has 1 aliphatic rings. The van der Waals surface area contributed by atoms with E-state index < -0.39 is 0 Å². The first-order valence-corrected chi connectivity index (χ1v) is 7.10. The molecule has 0 aliphatic carbocycles. The van der Waals surface area contributed by atoms with Crippen molar-refractivity contribution in [1.82, 2.24) is 10.2 Å². The van der Waals surface area contributed by atoms with Crippen LogP contribution in [0.2, 0.25) is 0 Å². The second-order valence-electron chi connectivity index (χ2n) is 4.28. The van der Waals surface area contributed by atoms with Gasteiger partial charge in [0.1, 0.15) is 0 Å². The smallest absolute Gasteiger partial charge is 0.00692 e. The van der Waals surface area contributed by atoms with Gasteiger partial charge in [0, 0.05) is 12.3 Å². The van der Waals surface area contributed by atoms with E-state index in [9.17, 15) is 0 Å². The SMILES string of the molecule is CSCCN(C)CCC1CCNCC1. The third kappa shape index (κ3) is 5.23. The van der Waals surface area contributed by atoms with Gasteiger partial charge in [-0.3, -0.25) is 0 Å². The average molecular weight is 216 g/mol. The summed E-state index contributed by atoms with van der Waals surface area (Å²) in [7, 11) is 2.25. The van der Waals surface area contributed by atoms with E-state index >= 15 is 0 Å². The Balaban J connectivity index is 2.00. The summed E-state index contributed by atoms with van der Waals surface area (Å²) in [4.78, 5) is 2.47. The normalized spacial score (nSPS) is 19.1. The van der Waals surface area contributed by atoms with E-state index in [2.05, 4.69) is 23.5 Å². The summed E-state index contributed by atoms with van der Waals surface area (Å²) in [6, 6.07) is 0. The molecular weight excluding hydrogens is 192 g/mol. The molecule has 0 bridgehead atoms. The number of hydrogen-bond donors (Lipinski definition) is 1. The Morgan fingerprint density at radius 2 is 2.00 bits per heavy atom. The van der Waals surface area contributed by atoms with E-state index in [0.29, 0.717) is 0 Å². The Bertz CT molecular complexity index is 135. The van der Waals surface area contributed by atoms with Crippen molar-refractivity contribution in [2.75, 3.05) is 45.2 Å². The molecular formula is C11H24N2S. The zero-order valence-electron chi connectivity index (χ0n) is 9.59. The molecule has 0 unspecified atom stereocenters. The van der Waals surface area contributed by atoms with Gasteiger partial charge in [-0.05, 0) is 58.1 Å². The predicted octanol–water partition coefficient (Wildman–Crippen LogP) is 1.67. The third-order valence-electron chi connectivity index (χ3n) is 3.05. The molecule has 3 heteroatoms. The molecule has 14 heavy (non-hydrogen) atoms. The maximum atomic E-state index is 3.42. The Morgan fingerprint density at radius 1 is 1.29 bits per heavy atom. The fraction of sp³-hybridized carbons (Fsp3) is 1.00. The van der Waals surface area contributed by atoms with Crippen LogP contribution in [0.25, 0.3) is 0 Å². The molecule has 0 amide bonds. The van der Waals surface area contributed by atoms with E-state index in [0.717, 1.165) is 5.92 Å². The first-order valence-electron chi connectivity index (χ1n) is 5.71. The van der Waals surface area contributed by atoms with Gasteiger partial charge in [-0.2, -0.15) is 11.8 Å². The lowest BCUT2D eigenvalue weighted by Crippen LogP contribution is -2.30. The van der Waals surface area contributed by atoms with Crippen LogP contribution in [0, 0.1) is 5.92 Å². The van der Waals surface area contributed by atoms with Crippen LogP contribution in [0.4, 0.5) is 0 Å². The molecule has 1 N–H and O–H groups in total. The molecule has 0 aromatic rings. The topological polar surface area (TPSA) is 15.3 Å². The van der Waals surface area contributed by atoms with E-state index in [1.54, 1.807) is 0 Å². The quantitative estimate of drug-likeness (QED) is 0.727. The van der Waals surface area contributed by atoms with Crippen LogP contribution in [0.5, 0.6) is 0 Å². The summed E-state index contributed by atoms with van der Waals surface area (Å²) < 4.78 is 0. The van der Waals surface area contributed by atoms with Crippen LogP contribution in [0.15, 0.2) is 0 Å². The summed E-state index contributed by atoms with van der Waals surface area (Å²) >= 11 is 1.94. The highest BCUT2D eigenvalue weighted by Crippen LogP contribution is 2.15. The largest absolute Gasteiger partial charge is 0.317 e. The predicted molar refractivity (Wildman–Crippen MR) is 66.1 cm³/mol. The van der Waals surface area contributed by atoms with Crippen molar-refractivity contribution in [3.8, 4) is 0 Å². The van der Waals surface area contributed by atoms with Crippen molar-refractivity contribution in [1.29, 1.82) is 0 Å². The van der Waals surface area contributed by atoms with E-state index in [1.165, 1.54) is 51.2 Å². The van der Waals surface area contributed by atoms with Crippen LogP contribution in [-0.2, 0) is 0 Å². The fourth-order valence-corrected chi connectivity index (χ4v) is 2.43. The van der Waals surface area contributed by atoms with Gasteiger partial charge >= 0.3 is 0 Å². The Kier molecular flexibility index (Phi) is 6.65. The van der Waals surface area contributed by atoms with Gasteiger partial charge in [0.15, 0.2) is 0 Å². The number of piperidine rings is 1. The maximum Gasteiger partial charge on any atom is 0.00692 e. The van der Waals surface area contributed by atoms with Crippen molar-refractivity contribution in [3.63, 3.8) is 0 Å². The minimum absolute atomic E-state index is 0.980. The second-order valence-corrected chi connectivity index (χ2v) is 5.26. The van der Waals surface area contributed by atoms with Crippen molar-refractivity contribution < 1.29 is 0 Å². The lowest BCUT2D eigenvalue weighted by atomic mass is 9.94. The number of nitrogens with zero attached hydrogens (tertiary/aromatic N) is 1. The molecule has 1 heterocycles. The van der Waals surface area contributed by atoms with Crippen LogP contribution >= 0.6 is 11.8 Å². The van der Waals surface area contributed by atoms with Gasteiger partial charge in [0.2, 0.25) is 0 Å². The zero-order chi connectivity index (χ0) is 10.2. The highest BCUT2D eigenvalue weighted by Gasteiger charge is 2.12. The molecule has 0 radical (unpaired) electrons. The van der Waals surface area contributed by atoms with E-state index in [-0.39, 0.29) is 0 Å². The van der Waals surface area contributed by atoms with Crippen LogP contribution in [-0.4, -0.2) is 50.1 Å². The standard InChI is InChI=1S/C11H24N2S/c1-13(9-10-14-2)8-5-11-3-6-12-7-4-11/h11-12H,3-10H2,1-2H3. The maximum absolute atomic E-state index is 3.42. The first kappa shape index (κ1) is 12.3. The Hall–Kier alpha value is 0.270. The molecule has 84 valence electrons. The van der Waals surface area contributed by atoms with Crippen molar-refractivity contribution in [3.05, 3.63) is 0 Å². The molecule has 0 spiro atoms. The van der Waals surface area contributed by atoms with Crippen molar-refractivity contribution in [2.24, 2.45) is 5.92 Å². The lowest BCUT2D eigenvalue weighted by molar-refractivity contribution is 0.280. The minimum Gasteiger partial charge on any atom is -0.317 e. The average Bonchev–Trinajstić information content (AvgIpc) is 2.25. The minimum atomic E-state index is 0.980. The summed E-state index contributed by atoms with van der Waals surface area (Å²) in [5, 5.41) is 3.42. The Labute approximate surface area is 92.8 Å². The molecule has 1 aliphatic heterocycles. The van der Waals surface area contributed by atoms with Crippen molar-refractivity contribution >= 4 is 11.8 Å². The second kappa shape index (κ2) is 7.55. The highest BCUT2D eigenvalue weighted by atomic mass is 32.2. The molecule has 0 saturated carbocycles. The van der Waals surface area contributed by atoms with Crippen molar-refractivity contribution in [2.45, 2.75) is 19.3 Å². The van der Waals surface area contributed by atoms with Crippen LogP contribution < -0.4 is 5.32 Å². The fourth-order valence-electron chi connectivity index (χ4n) is 1.93. The summed E-state index contributed by atoms with van der Waals surface area (Å²) in [6.45, 7) is 5.00. The van der Waals surface area contributed by atoms with Gasteiger partial charge in [-0.1, -0.05) is 0 Å². The first-order chi connectivity index (χ1) is 6.83. The number of hydrogen-bond acceptors (Lipinski definition) is 3.